The molecule has 3 atom stereocenters. The van der Waals surface area contributed by atoms with E-state index in [2.05, 4.69) is 15.0 Å². The smallest absolute Gasteiger partial charge is 0.387 e. The third-order valence-electron chi connectivity index (χ3n) is 8.83. The zero-order valence-corrected chi connectivity index (χ0v) is 24.5. The molecular weight excluding hydrogens is 613 g/mol. The Kier molecular flexibility index (Phi) is 6.71. The van der Waals surface area contributed by atoms with Gasteiger partial charge in [0.25, 0.3) is 5.91 Å². The number of benzene rings is 2. The van der Waals surface area contributed by atoms with Gasteiger partial charge in [0.15, 0.2) is 11.5 Å². The number of carbonyl (C=O) groups is 2. The maximum absolute atomic E-state index is 14.5. The molecule has 2 aromatic carbocycles. The summed E-state index contributed by atoms with van der Waals surface area (Å²) in [6.07, 6.45) is 2.55. The van der Waals surface area contributed by atoms with Crippen LogP contribution >= 0.6 is 11.6 Å². The van der Waals surface area contributed by atoms with Gasteiger partial charge in [-0.25, -0.2) is 9.37 Å². The lowest BCUT2D eigenvalue weighted by Gasteiger charge is -2.30. The molecule has 45 heavy (non-hydrogen) atoms. The Labute approximate surface area is 259 Å². The summed E-state index contributed by atoms with van der Waals surface area (Å²) in [7, 11) is 0. The Balaban J connectivity index is 1.28. The second kappa shape index (κ2) is 10.3. The van der Waals surface area contributed by atoms with E-state index < -0.39 is 41.4 Å². The molecule has 4 N–H and O–H groups in total. The largest absolute Gasteiger partial charge is 0.486 e. The van der Waals surface area contributed by atoms with Gasteiger partial charge in [0.05, 0.1) is 17.3 Å². The monoisotopic (exact) mass is 638 g/mol. The van der Waals surface area contributed by atoms with Gasteiger partial charge in [0.1, 0.15) is 34.1 Å². The molecule has 0 saturated heterocycles. The molecule has 2 aliphatic carbocycles. The maximum Gasteiger partial charge on any atom is 0.387 e. The first kappa shape index (κ1) is 29.3. The molecule has 2 fully saturated rings. The Morgan fingerprint density at radius 2 is 2.04 bits per heavy atom. The van der Waals surface area contributed by atoms with Gasteiger partial charge in [-0.3, -0.25) is 14.6 Å². The van der Waals surface area contributed by atoms with Crippen LogP contribution in [0.3, 0.4) is 0 Å². The Morgan fingerprint density at radius 1 is 1.27 bits per heavy atom. The van der Waals surface area contributed by atoms with Crippen molar-refractivity contribution in [3.8, 4) is 22.8 Å². The number of alkyl halides is 2. The summed E-state index contributed by atoms with van der Waals surface area (Å²) in [5, 5.41) is 15.1. The number of amides is 2. The number of hydrogen-bond acceptors (Lipinski definition) is 7. The van der Waals surface area contributed by atoms with Crippen LogP contribution in [0.5, 0.6) is 11.5 Å². The van der Waals surface area contributed by atoms with Crippen molar-refractivity contribution in [2.24, 2.45) is 11.7 Å². The number of nitrogens with two attached hydrogens (primary N) is 1. The van der Waals surface area contributed by atoms with Crippen LogP contribution in [0.25, 0.3) is 22.2 Å². The minimum atomic E-state index is -3.14. The molecule has 9 nitrogen and oxygen atoms in total. The fourth-order valence-corrected chi connectivity index (χ4v) is 6.45. The highest BCUT2D eigenvalue weighted by atomic mass is 35.5. The van der Waals surface area contributed by atoms with E-state index in [9.17, 15) is 27.9 Å². The van der Waals surface area contributed by atoms with E-state index in [0.29, 0.717) is 30.2 Å². The molecule has 13 heteroatoms. The van der Waals surface area contributed by atoms with E-state index in [1.54, 1.807) is 25.1 Å². The molecule has 0 radical (unpaired) electrons. The fourth-order valence-electron chi connectivity index (χ4n) is 6.23. The molecule has 3 aliphatic rings. The molecule has 2 saturated carbocycles. The first-order valence-electron chi connectivity index (χ1n) is 14.2. The number of primary amides is 1. The maximum atomic E-state index is 14.5. The summed E-state index contributed by atoms with van der Waals surface area (Å²) in [5.41, 5.74) is 4.75. The highest BCUT2D eigenvalue weighted by Gasteiger charge is 2.68. The van der Waals surface area contributed by atoms with E-state index >= 15 is 0 Å². The molecule has 1 aliphatic heterocycles. The second-order valence-electron chi connectivity index (χ2n) is 11.8. The van der Waals surface area contributed by atoms with Gasteiger partial charge in [-0.05, 0) is 61.6 Å². The number of hydrogen-bond donors (Lipinski definition) is 3. The molecule has 2 aromatic heterocycles. The summed E-state index contributed by atoms with van der Waals surface area (Å²) in [4.78, 5) is 35.0. The Morgan fingerprint density at radius 3 is 2.76 bits per heavy atom. The minimum Gasteiger partial charge on any atom is -0.486 e. The SMILES string of the molecule is Cc1cnc2c(OC(F)F)cc(C(=O)NCC(O)(c3cc4c(c(-c5cccc(F)c5Cl)n3)OC3C[C@@]43C(N)=O)C3CC3)cc2c1. The number of carbonyl (C=O) groups excluding carboxylic acids is 2. The normalized spacial score (nSPS) is 21.1. The molecule has 2 amide bonds. The molecule has 3 heterocycles. The highest BCUT2D eigenvalue weighted by molar-refractivity contribution is 6.33. The molecule has 7 rings (SSSR count). The number of ether oxygens (including phenoxy) is 2. The number of pyridine rings is 2. The predicted octanol–water partition coefficient (Wildman–Crippen LogP) is 4.91. The zero-order valence-electron chi connectivity index (χ0n) is 23.7. The van der Waals surface area contributed by atoms with E-state index in [-0.39, 0.29) is 57.0 Å². The summed E-state index contributed by atoms with van der Waals surface area (Å²) in [6.45, 7) is -1.68. The lowest BCUT2D eigenvalue weighted by molar-refractivity contribution is -0.120. The van der Waals surface area contributed by atoms with Crippen LogP contribution < -0.4 is 20.5 Å². The molecule has 2 unspecified atom stereocenters. The molecule has 4 aromatic rings. The summed E-state index contributed by atoms with van der Waals surface area (Å²) < 4.78 is 51.6. The van der Waals surface area contributed by atoms with Gasteiger partial charge in [-0.15, -0.1) is 0 Å². The lowest BCUT2D eigenvalue weighted by atomic mass is 9.87. The minimum absolute atomic E-state index is 0.0137. The van der Waals surface area contributed by atoms with Crippen LogP contribution in [0.15, 0.2) is 48.7 Å². The third-order valence-corrected chi connectivity index (χ3v) is 9.22. The van der Waals surface area contributed by atoms with Gasteiger partial charge < -0.3 is 25.6 Å². The first-order valence-corrected chi connectivity index (χ1v) is 14.6. The number of nitrogens with zero attached hydrogens (tertiary/aromatic N) is 2. The van der Waals surface area contributed by atoms with Crippen LogP contribution in [0, 0.1) is 18.7 Å². The lowest BCUT2D eigenvalue weighted by Crippen LogP contribution is -2.43. The number of rotatable bonds is 9. The van der Waals surface area contributed by atoms with Gasteiger partial charge in [-0.1, -0.05) is 23.7 Å². The predicted molar refractivity (Wildman–Crippen MR) is 157 cm³/mol. The third kappa shape index (κ3) is 4.74. The Bertz CT molecular complexity index is 1920. The first-order chi connectivity index (χ1) is 21.4. The number of aryl methyl sites for hydroxylation is 1. The standard InChI is InChI=1S/C32H26ClF3N4O5/c1-14-7-15-8-16(9-21(44-30(35)36)25(15)38-12-14)28(41)39-13-32(43,17-5-6-17)22-10-19-27(45-23-11-31(19,23)29(37)42)26(40-22)18-3-2-4-20(34)24(18)33/h2-4,7-10,12,17,23,30,43H,5-6,11,13H2,1H3,(H2,37,42)(H,39,41)/t23?,31-,32?/m1/s1. The van der Waals surface area contributed by atoms with Crippen molar-refractivity contribution in [3.05, 3.63) is 81.9 Å². The van der Waals surface area contributed by atoms with E-state index in [1.807, 2.05) is 0 Å². The van der Waals surface area contributed by atoms with Crippen LogP contribution in [0.4, 0.5) is 13.2 Å². The second-order valence-corrected chi connectivity index (χ2v) is 12.2. The van der Waals surface area contributed by atoms with Crippen molar-refractivity contribution in [3.63, 3.8) is 0 Å². The van der Waals surface area contributed by atoms with Crippen LogP contribution in [0.2, 0.25) is 5.02 Å². The zero-order chi connectivity index (χ0) is 31.8. The van der Waals surface area contributed by atoms with Gasteiger partial charge in [-0.2, -0.15) is 8.78 Å². The molecule has 0 bridgehead atoms. The summed E-state index contributed by atoms with van der Waals surface area (Å²) in [5.74, 6) is -2.31. The molecule has 0 spiro atoms. The average Bonchev–Trinajstić information content (AvgIpc) is 3.93. The van der Waals surface area contributed by atoms with Crippen molar-refractivity contribution in [2.75, 3.05) is 6.54 Å². The van der Waals surface area contributed by atoms with Crippen LogP contribution in [-0.2, 0) is 15.8 Å². The highest BCUT2D eigenvalue weighted by Crippen LogP contribution is 2.62. The summed E-state index contributed by atoms with van der Waals surface area (Å²) >= 11 is 6.34. The van der Waals surface area contributed by atoms with E-state index in [4.69, 9.17) is 27.1 Å². The Hall–Kier alpha value is -4.42. The molecule has 232 valence electrons. The number of aromatic nitrogens is 2. The van der Waals surface area contributed by atoms with Crippen molar-refractivity contribution < 1.29 is 37.3 Å². The van der Waals surface area contributed by atoms with E-state index in [1.165, 1.54) is 30.5 Å². The number of aliphatic hydroxyl groups is 1. The van der Waals surface area contributed by atoms with Gasteiger partial charge in [0.2, 0.25) is 5.91 Å². The van der Waals surface area contributed by atoms with Crippen molar-refractivity contribution >= 4 is 34.3 Å². The van der Waals surface area contributed by atoms with Crippen molar-refractivity contribution in [2.45, 2.75) is 49.9 Å². The number of halogens is 4. The van der Waals surface area contributed by atoms with Crippen molar-refractivity contribution in [1.29, 1.82) is 0 Å². The van der Waals surface area contributed by atoms with Gasteiger partial charge >= 0.3 is 6.61 Å². The topological polar surface area (TPSA) is 137 Å². The molecular formula is C32H26ClF3N4O5. The summed E-state index contributed by atoms with van der Waals surface area (Å²) in [6, 6.07) is 10.1. The van der Waals surface area contributed by atoms with Crippen LogP contribution in [0.1, 0.15) is 46.4 Å². The van der Waals surface area contributed by atoms with Crippen molar-refractivity contribution in [1.82, 2.24) is 15.3 Å². The van der Waals surface area contributed by atoms with Gasteiger partial charge in [0, 0.05) is 34.7 Å². The van der Waals surface area contributed by atoms with Crippen LogP contribution in [-0.4, -0.2) is 46.1 Å². The average molecular weight is 639 g/mol. The quantitative estimate of drug-likeness (QED) is 0.237. The number of fused-ring (bicyclic) bond motifs is 4. The number of nitrogens with one attached hydrogen (secondary N) is 1. The fraction of sp³-hybridized carbons (Fsp3) is 0.312. The van der Waals surface area contributed by atoms with E-state index in [0.717, 1.165) is 5.56 Å².